The van der Waals surface area contributed by atoms with E-state index in [2.05, 4.69) is 20.8 Å². The maximum absolute atomic E-state index is 10.9. The largest absolute Gasteiger partial charge is 0.477 e. The van der Waals surface area contributed by atoms with Crippen LogP contribution < -0.4 is 0 Å². The first-order valence-electron chi connectivity index (χ1n) is 4.94. The fourth-order valence-corrected chi connectivity index (χ4v) is 1.79. The van der Waals surface area contributed by atoms with Gasteiger partial charge in [-0.25, -0.2) is 4.79 Å². The highest BCUT2D eigenvalue weighted by atomic mass is 32.1. The Labute approximate surface area is 91.7 Å². The summed E-state index contributed by atoms with van der Waals surface area (Å²) in [6, 6.07) is 0. The quantitative estimate of drug-likeness (QED) is 0.716. The van der Waals surface area contributed by atoms with Gasteiger partial charge >= 0.3 is 5.97 Å². The van der Waals surface area contributed by atoms with E-state index in [-0.39, 0.29) is 10.3 Å². The molecule has 0 aliphatic rings. The molecule has 14 heavy (non-hydrogen) atoms. The Bertz CT molecular complexity index is 242. The number of carboxylic acids is 1. The summed E-state index contributed by atoms with van der Waals surface area (Å²) >= 11 is 4.98. The van der Waals surface area contributed by atoms with Crippen LogP contribution in [-0.4, -0.2) is 15.9 Å². The number of rotatable bonds is 5. The van der Waals surface area contributed by atoms with Gasteiger partial charge in [-0.15, -0.1) is 0 Å². The van der Waals surface area contributed by atoms with Crippen LogP contribution in [0.3, 0.4) is 0 Å². The van der Waals surface area contributed by atoms with Gasteiger partial charge in [-0.05, 0) is 11.8 Å². The summed E-state index contributed by atoms with van der Waals surface area (Å²) in [6.07, 6.45) is 2.02. The lowest BCUT2D eigenvalue weighted by atomic mass is 9.64. The average Bonchev–Trinajstić information content (AvgIpc) is 2.02. The number of hydrogen-bond acceptors (Lipinski definition) is 2. The van der Waals surface area contributed by atoms with Gasteiger partial charge in [-0.1, -0.05) is 53.3 Å². The van der Waals surface area contributed by atoms with Gasteiger partial charge in [0.1, 0.15) is 4.86 Å². The van der Waals surface area contributed by atoms with Crippen LogP contribution in [0.1, 0.15) is 47.5 Å². The minimum atomic E-state index is -0.964. The van der Waals surface area contributed by atoms with Crippen molar-refractivity contribution in [2.45, 2.75) is 47.5 Å². The first-order chi connectivity index (χ1) is 6.16. The summed E-state index contributed by atoms with van der Waals surface area (Å²) in [5.74, 6) is -0.964. The van der Waals surface area contributed by atoms with Crippen LogP contribution >= 0.6 is 12.2 Å². The average molecular weight is 216 g/mol. The van der Waals surface area contributed by atoms with E-state index in [4.69, 9.17) is 17.3 Å². The Morgan fingerprint density at radius 1 is 1.29 bits per heavy atom. The molecule has 0 atom stereocenters. The number of hydrogen-bond donors (Lipinski definition) is 1. The molecule has 0 radical (unpaired) electrons. The van der Waals surface area contributed by atoms with Crippen molar-refractivity contribution in [3.8, 4) is 0 Å². The molecule has 0 amide bonds. The molecule has 0 fully saturated rings. The third kappa shape index (κ3) is 2.53. The lowest BCUT2D eigenvalue weighted by Crippen LogP contribution is -2.42. The summed E-state index contributed by atoms with van der Waals surface area (Å²) < 4.78 is 0. The Morgan fingerprint density at radius 2 is 1.71 bits per heavy atom. The van der Waals surface area contributed by atoms with E-state index in [0.29, 0.717) is 0 Å². The van der Waals surface area contributed by atoms with Gasteiger partial charge in [-0.3, -0.25) is 0 Å². The topological polar surface area (TPSA) is 37.3 Å². The highest BCUT2D eigenvalue weighted by Gasteiger charge is 2.42. The minimum absolute atomic E-state index is 0.0722. The highest BCUT2D eigenvalue weighted by Crippen LogP contribution is 2.43. The third-order valence-electron chi connectivity index (χ3n) is 3.33. The summed E-state index contributed by atoms with van der Waals surface area (Å²) in [5, 5.41) is 8.91. The summed E-state index contributed by atoms with van der Waals surface area (Å²) in [4.78, 5) is 11.0. The van der Waals surface area contributed by atoms with Crippen LogP contribution in [0.15, 0.2) is 0 Å². The molecule has 0 unspecified atom stereocenters. The van der Waals surface area contributed by atoms with Crippen LogP contribution in [0.5, 0.6) is 0 Å². The standard InChI is InChI=1S/C11H20O2S/c1-6-7-10(2,3)11(4,5)8(14)9(12)13/h6-7H2,1-5H3,(H,12,13). The van der Waals surface area contributed by atoms with Crippen LogP contribution in [0.25, 0.3) is 0 Å². The smallest absolute Gasteiger partial charge is 0.343 e. The lowest BCUT2D eigenvalue weighted by molar-refractivity contribution is -0.130. The predicted octanol–water partition coefficient (Wildman–Crippen LogP) is 3.29. The summed E-state index contributed by atoms with van der Waals surface area (Å²) in [7, 11) is 0. The minimum Gasteiger partial charge on any atom is -0.477 e. The Hall–Kier alpha value is -0.440. The number of carboxylic acid groups (broad SMARTS) is 1. The van der Waals surface area contributed by atoms with Gasteiger partial charge < -0.3 is 5.11 Å². The number of carbonyl (C=O) groups is 1. The van der Waals surface area contributed by atoms with E-state index < -0.39 is 11.4 Å². The Morgan fingerprint density at radius 3 is 2.00 bits per heavy atom. The van der Waals surface area contributed by atoms with Crippen LogP contribution in [0.4, 0.5) is 0 Å². The normalized spacial score (nSPS) is 12.6. The fraction of sp³-hybridized carbons (Fsp3) is 0.818. The molecule has 2 nitrogen and oxygen atoms in total. The Kier molecular flexibility index (Phi) is 4.25. The predicted molar refractivity (Wildman–Crippen MR) is 62.7 cm³/mol. The first kappa shape index (κ1) is 13.6. The van der Waals surface area contributed by atoms with Crippen molar-refractivity contribution in [3.05, 3.63) is 0 Å². The number of aliphatic carboxylic acids is 1. The van der Waals surface area contributed by atoms with E-state index in [0.717, 1.165) is 12.8 Å². The molecule has 0 aliphatic carbocycles. The monoisotopic (exact) mass is 216 g/mol. The van der Waals surface area contributed by atoms with Gasteiger partial charge in [0.05, 0.1) is 0 Å². The third-order valence-corrected chi connectivity index (χ3v) is 4.01. The molecule has 0 saturated carbocycles. The van der Waals surface area contributed by atoms with Crippen molar-refractivity contribution in [3.63, 3.8) is 0 Å². The Balaban J connectivity index is 4.93. The molecule has 82 valence electrons. The van der Waals surface area contributed by atoms with Crippen molar-refractivity contribution >= 4 is 23.1 Å². The zero-order valence-electron chi connectivity index (χ0n) is 9.68. The molecule has 0 aliphatic heterocycles. The van der Waals surface area contributed by atoms with Gasteiger partial charge in [0.15, 0.2) is 0 Å². The molecular formula is C11H20O2S. The molecule has 0 rings (SSSR count). The van der Waals surface area contributed by atoms with Gasteiger partial charge in [-0.2, -0.15) is 0 Å². The van der Waals surface area contributed by atoms with Crippen molar-refractivity contribution in [2.24, 2.45) is 10.8 Å². The lowest BCUT2D eigenvalue weighted by Gasteiger charge is -2.41. The van der Waals surface area contributed by atoms with Crippen LogP contribution in [0, 0.1) is 10.8 Å². The molecule has 0 heterocycles. The van der Waals surface area contributed by atoms with Crippen LogP contribution in [-0.2, 0) is 4.79 Å². The molecule has 3 heteroatoms. The highest BCUT2D eigenvalue weighted by molar-refractivity contribution is 7.82. The van der Waals surface area contributed by atoms with E-state index in [1.165, 1.54) is 0 Å². The van der Waals surface area contributed by atoms with Crippen LogP contribution in [0.2, 0.25) is 0 Å². The van der Waals surface area contributed by atoms with E-state index >= 15 is 0 Å². The van der Waals surface area contributed by atoms with E-state index in [9.17, 15) is 4.79 Å². The second kappa shape index (κ2) is 4.39. The van der Waals surface area contributed by atoms with Gasteiger partial charge in [0, 0.05) is 5.41 Å². The molecule has 0 spiro atoms. The number of thiocarbonyl (C=S) groups is 1. The van der Waals surface area contributed by atoms with E-state index in [1.807, 2.05) is 13.8 Å². The van der Waals surface area contributed by atoms with Crippen molar-refractivity contribution < 1.29 is 9.90 Å². The molecule has 0 saturated heterocycles. The maximum Gasteiger partial charge on any atom is 0.343 e. The zero-order chi connectivity index (χ0) is 11.6. The maximum atomic E-state index is 10.9. The van der Waals surface area contributed by atoms with Crippen molar-refractivity contribution in [1.82, 2.24) is 0 Å². The zero-order valence-corrected chi connectivity index (χ0v) is 10.5. The second-order valence-corrected chi connectivity index (χ2v) is 5.30. The molecular weight excluding hydrogens is 196 g/mol. The molecule has 0 aromatic rings. The van der Waals surface area contributed by atoms with Gasteiger partial charge in [0.25, 0.3) is 0 Å². The molecule has 0 aromatic carbocycles. The van der Waals surface area contributed by atoms with Crippen molar-refractivity contribution in [1.29, 1.82) is 0 Å². The molecule has 0 aromatic heterocycles. The molecule has 0 bridgehead atoms. The first-order valence-corrected chi connectivity index (χ1v) is 5.35. The second-order valence-electron chi connectivity index (χ2n) is 4.89. The summed E-state index contributed by atoms with van der Waals surface area (Å²) in [6.45, 7) is 10.1. The SMILES string of the molecule is CCCC(C)(C)C(C)(C)C(=S)C(=O)O. The molecule has 1 N–H and O–H groups in total. The van der Waals surface area contributed by atoms with E-state index in [1.54, 1.807) is 0 Å². The van der Waals surface area contributed by atoms with Crippen molar-refractivity contribution in [2.75, 3.05) is 0 Å². The van der Waals surface area contributed by atoms with Gasteiger partial charge in [0.2, 0.25) is 0 Å². The summed E-state index contributed by atoms with van der Waals surface area (Å²) in [5.41, 5.74) is -0.513. The fourth-order valence-electron chi connectivity index (χ4n) is 1.51.